The zero-order valence-electron chi connectivity index (χ0n) is 11.6. The summed E-state index contributed by atoms with van der Waals surface area (Å²) in [6.45, 7) is 6.13. The molecule has 1 aliphatic heterocycles. The molecule has 1 saturated heterocycles. The third-order valence-electron chi connectivity index (χ3n) is 3.30. The van der Waals surface area contributed by atoms with Gasteiger partial charge in [0.2, 0.25) is 0 Å². The van der Waals surface area contributed by atoms with Crippen LogP contribution >= 0.6 is 0 Å². The Hall–Kier alpha value is -0.370. The summed E-state index contributed by atoms with van der Waals surface area (Å²) in [6, 6.07) is 0. The van der Waals surface area contributed by atoms with Crippen LogP contribution in [0.1, 0.15) is 13.8 Å². The molecule has 0 aliphatic carbocycles. The summed E-state index contributed by atoms with van der Waals surface area (Å²) in [5, 5.41) is 9.71. The maximum absolute atomic E-state index is 12.6. The SMILES string of the molecule is CC(C)(O)CN1CCN(CC(CN)C(F)(F)F)CC1. The molecule has 0 aromatic rings. The average molecular weight is 283 g/mol. The first-order valence-electron chi connectivity index (χ1n) is 6.55. The molecule has 1 rings (SSSR count). The molecule has 0 spiro atoms. The number of hydrogen-bond donors (Lipinski definition) is 2. The fourth-order valence-corrected chi connectivity index (χ4v) is 2.30. The van der Waals surface area contributed by atoms with Crippen molar-refractivity contribution in [1.29, 1.82) is 0 Å². The number of halogens is 3. The number of alkyl halides is 3. The Morgan fingerprint density at radius 1 is 1.11 bits per heavy atom. The number of rotatable bonds is 5. The molecule has 1 heterocycles. The second kappa shape index (κ2) is 6.39. The summed E-state index contributed by atoms with van der Waals surface area (Å²) < 4.78 is 37.9. The Labute approximate surface area is 112 Å². The molecule has 0 bridgehead atoms. The van der Waals surface area contributed by atoms with Crippen molar-refractivity contribution in [3.8, 4) is 0 Å². The molecule has 0 amide bonds. The van der Waals surface area contributed by atoms with Crippen LogP contribution in [0.5, 0.6) is 0 Å². The molecule has 0 aromatic heterocycles. The van der Waals surface area contributed by atoms with Crippen molar-refractivity contribution in [2.75, 3.05) is 45.8 Å². The molecular weight excluding hydrogens is 259 g/mol. The predicted octanol–water partition coefficient (Wildman–Crippen LogP) is 0.512. The minimum absolute atomic E-state index is 0.0314. The molecule has 19 heavy (non-hydrogen) atoms. The standard InChI is InChI=1S/C12H24F3N3O/c1-11(2,19)9-18-5-3-17(4-6-18)8-10(7-16)12(13,14)15/h10,19H,3-9,16H2,1-2H3. The Morgan fingerprint density at radius 2 is 1.58 bits per heavy atom. The normalized spacial score (nSPS) is 21.6. The molecule has 1 unspecified atom stereocenters. The van der Waals surface area contributed by atoms with E-state index in [1.165, 1.54) is 0 Å². The van der Waals surface area contributed by atoms with Gasteiger partial charge < -0.3 is 15.7 Å². The van der Waals surface area contributed by atoms with E-state index in [1.54, 1.807) is 18.7 Å². The summed E-state index contributed by atoms with van der Waals surface area (Å²) in [4.78, 5) is 3.87. The van der Waals surface area contributed by atoms with E-state index in [0.717, 1.165) is 0 Å². The molecule has 1 aliphatic rings. The molecule has 114 valence electrons. The number of hydrogen-bond acceptors (Lipinski definition) is 4. The van der Waals surface area contributed by atoms with E-state index < -0.39 is 17.7 Å². The van der Waals surface area contributed by atoms with Crippen molar-refractivity contribution in [3.63, 3.8) is 0 Å². The average Bonchev–Trinajstić information content (AvgIpc) is 2.24. The van der Waals surface area contributed by atoms with E-state index in [4.69, 9.17) is 5.73 Å². The molecule has 1 atom stereocenters. The highest BCUT2D eigenvalue weighted by atomic mass is 19.4. The maximum Gasteiger partial charge on any atom is 0.394 e. The monoisotopic (exact) mass is 283 g/mol. The highest BCUT2D eigenvalue weighted by molar-refractivity contribution is 4.80. The van der Waals surface area contributed by atoms with Gasteiger partial charge in [-0.25, -0.2) is 0 Å². The number of nitrogens with two attached hydrogens (primary N) is 1. The van der Waals surface area contributed by atoms with Crippen LogP contribution in [0.3, 0.4) is 0 Å². The van der Waals surface area contributed by atoms with Crippen LogP contribution in [-0.2, 0) is 0 Å². The Kier molecular flexibility index (Phi) is 5.61. The van der Waals surface area contributed by atoms with Crippen LogP contribution in [0.4, 0.5) is 13.2 Å². The van der Waals surface area contributed by atoms with Gasteiger partial charge in [-0.2, -0.15) is 13.2 Å². The lowest BCUT2D eigenvalue weighted by Gasteiger charge is -2.38. The Bertz CT molecular complexity index is 270. The van der Waals surface area contributed by atoms with Gasteiger partial charge in [-0.3, -0.25) is 4.90 Å². The van der Waals surface area contributed by atoms with Gasteiger partial charge >= 0.3 is 6.18 Å². The first-order valence-corrected chi connectivity index (χ1v) is 6.55. The molecule has 1 fully saturated rings. The third-order valence-corrected chi connectivity index (χ3v) is 3.30. The minimum atomic E-state index is -4.22. The number of nitrogens with zero attached hydrogens (tertiary/aromatic N) is 2. The quantitative estimate of drug-likeness (QED) is 0.772. The summed E-state index contributed by atoms with van der Waals surface area (Å²) in [6.07, 6.45) is -4.22. The lowest BCUT2D eigenvalue weighted by Crippen LogP contribution is -2.52. The van der Waals surface area contributed by atoms with Crippen LogP contribution in [0.25, 0.3) is 0 Å². The smallest absolute Gasteiger partial charge is 0.389 e. The fourth-order valence-electron chi connectivity index (χ4n) is 2.30. The summed E-state index contributed by atoms with van der Waals surface area (Å²) in [5.74, 6) is -1.45. The summed E-state index contributed by atoms with van der Waals surface area (Å²) >= 11 is 0. The lowest BCUT2D eigenvalue weighted by molar-refractivity contribution is -0.177. The van der Waals surface area contributed by atoms with Crippen LogP contribution in [0.2, 0.25) is 0 Å². The van der Waals surface area contributed by atoms with Gasteiger partial charge in [0.1, 0.15) is 0 Å². The van der Waals surface area contributed by atoms with Gasteiger partial charge in [0.25, 0.3) is 0 Å². The zero-order valence-corrected chi connectivity index (χ0v) is 11.6. The van der Waals surface area contributed by atoms with Gasteiger partial charge in [-0.15, -0.1) is 0 Å². The molecule has 0 saturated carbocycles. The van der Waals surface area contributed by atoms with Crippen LogP contribution in [0.15, 0.2) is 0 Å². The number of β-amino-alcohol motifs (C(OH)–C–C–N with tert-alkyl or cyclic N) is 1. The molecule has 7 heteroatoms. The zero-order chi connectivity index (χ0) is 14.7. The number of piperazine rings is 1. The molecule has 0 radical (unpaired) electrons. The second-order valence-electron chi connectivity index (χ2n) is 5.86. The molecule has 4 nitrogen and oxygen atoms in total. The van der Waals surface area contributed by atoms with Crippen molar-refractivity contribution in [3.05, 3.63) is 0 Å². The fraction of sp³-hybridized carbons (Fsp3) is 1.00. The van der Waals surface area contributed by atoms with Gasteiger partial charge in [-0.05, 0) is 13.8 Å². The first-order chi connectivity index (χ1) is 8.62. The Balaban J connectivity index is 2.38. The maximum atomic E-state index is 12.6. The lowest BCUT2D eigenvalue weighted by atomic mass is 10.1. The number of aliphatic hydroxyl groups is 1. The summed E-state index contributed by atoms with van der Waals surface area (Å²) in [5.41, 5.74) is 4.43. The van der Waals surface area contributed by atoms with Crippen LogP contribution < -0.4 is 5.73 Å². The van der Waals surface area contributed by atoms with E-state index in [1.807, 2.05) is 0 Å². The van der Waals surface area contributed by atoms with E-state index in [9.17, 15) is 18.3 Å². The van der Waals surface area contributed by atoms with Crippen molar-refractivity contribution in [2.24, 2.45) is 11.7 Å². The molecule has 0 aromatic carbocycles. The van der Waals surface area contributed by atoms with Crippen molar-refractivity contribution in [2.45, 2.75) is 25.6 Å². The van der Waals surface area contributed by atoms with E-state index in [0.29, 0.717) is 32.7 Å². The van der Waals surface area contributed by atoms with E-state index in [-0.39, 0.29) is 13.1 Å². The van der Waals surface area contributed by atoms with Gasteiger partial charge in [0.05, 0.1) is 11.5 Å². The predicted molar refractivity (Wildman–Crippen MR) is 67.8 cm³/mol. The van der Waals surface area contributed by atoms with E-state index in [2.05, 4.69) is 4.90 Å². The van der Waals surface area contributed by atoms with E-state index >= 15 is 0 Å². The first kappa shape index (κ1) is 16.7. The molecule has 3 N–H and O–H groups in total. The second-order valence-corrected chi connectivity index (χ2v) is 5.86. The largest absolute Gasteiger partial charge is 0.394 e. The van der Waals surface area contributed by atoms with Crippen LogP contribution in [-0.4, -0.2) is 72.5 Å². The van der Waals surface area contributed by atoms with Gasteiger partial charge in [0.15, 0.2) is 0 Å². The van der Waals surface area contributed by atoms with Gasteiger partial charge in [0, 0.05) is 45.8 Å². The summed E-state index contributed by atoms with van der Waals surface area (Å²) in [7, 11) is 0. The minimum Gasteiger partial charge on any atom is -0.389 e. The Morgan fingerprint density at radius 3 is 1.95 bits per heavy atom. The molecular formula is C12H24F3N3O. The third kappa shape index (κ3) is 6.07. The van der Waals surface area contributed by atoms with Crippen molar-refractivity contribution >= 4 is 0 Å². The highest BCUT2D eigenvalue weighted by Crippen LogP contribution is 2.26. The van der Waals surface area contributed by atoms with Crippen molar-refractivity contribution < 1.29 is 18.3 Å². The van der Waals surface area contributed by atoms with Crippen LogP contribution in [0, 0.1) is 5.92 Å². The topological polar surface area (TPSA) is 52.7 Å². The van der Waals surface area contributed by atoms with Gasteiger partial charge in [-0.1, -0.05) is 0 Å². The van der Waals surface area contributed by atoms with Crippen molar-refractivity contribution in [1.82, 2.24) is 9.80 Å². The highest BCUT2D eigenvalue weighted by Gasteiger charge is 2.39.